The summed E-state index contributed by atoms with van der Waals surface area (Å²) in [5, 5.41) is 32.2. The first kappa shape index (κ1) is 16.4. The predicted molar refractivity (Wildman–Crippen MR) is 89.7 cm³/mol. The normalized spacial score (nSPS) is 13.1. The number of carboxylic acid groups (broad SMARTS) is 1. The van der Waals surface area contributed by atoms with Gasteiger partial charge in [0.2, 0.25) is 11.1 Å². The number of hydrogen-bond donors (Lipinski definition) is 1. The maximum absolute atomic E-state index is 12.2. The van der Waals surface area contributed by atoms with Crippen molar-refractivity contribution in [1.82, 2.24) is 0 Å². The Kier molecular flexibility index (Phi) is 4.09. The first-order valence-electron chi connectivity index (χ1n) is 7.45. The van der Waals surface area contributed by atoms with Crippen LogP contribution in [-0.2, 0) is 10.3 Å². The number of rotatable bonds is 4. The fraction of sp³-hybridized carbons (Fsp3) is 0.105. The Morgan fingerprint density at radius 3 is 2.44 bits per heavy atom. The van der Waals surface area contributed by atoms with Crippen molar-refractivity contribution in [3.8, 4) is 6.07 Å². The molecule has 0 aliphatic rings. The fourth-order valence-corrected chi connectivity index (χ4v) is 3.02. The number of carboxylic acids is 1. The number of ether oxygens (including phenoxy) is 1. The molecule has 25 heavy (non-hydrogen) atoms. The molecule has 6 nitrogen and oxygen atoms in total. The minimum Gasteiger partial charge on any atom is -0.618 e. The minimum atomic E-state index is -1.66. The molecule has 6 heteroatoms. The second-order valence-corrected chi connectivity index (χ2v) is 5.43. The molecule has 1 N–H and O–H groups in total. The van der Waals surface area contributed by atoms with Gasteiger partial charge in [0, 0.05) is 24.3 Å². The summed E-state index contributed by atoms with van der Waals surface area (Å²) in [6.07, 6.45) is 0.966. The van der Waals surface area contributed by atoms with Crippen LogP contribution in [0, 0.1) is 16.5 Å². The largest absolute Gasteiger partial charge is 0.618 e. The van der Waals surface area contributed by atoms with Crippen LogP contribution in [0.3, 0.4) is 0 Å². The lowest BCUT2D eigenvalue weighted by atomic mass is 9.82. The maximum Gasteiger partial charge on any atom is 0.342 e. The van der Waals surface area contributed by atoms with Gasteiger partial charge in [0.25, 0.3) is 0 Å². The standard InChI is InChI=1S/C19H14N2O4/c1-25-19(12-20,13-7-3-2-4-8-13)17-14-9-5-6-10-16(14)21(24)11-15(17)18(22)23/h2-11H,1H3,(H,22,23). The Bertz CT molecular complexity index is 995. The highest BCUT2D eigenvalue weighted by atomic mass is 16.5. The number of methoxy groups -OCH3 is 1. The van der Waals surface area contributed by atoms with Gasteiger partial charge in [-0.25, -0.2) is 4.79 Å². The quantitative estimate of drug-likeness (QED) is 0.584. The SMILES string of the molecule is COC(C#N)(c1ccccc1)c1c(C(=O)O)c[n+]([O-])c2ccccc12. The second kappa shape index (κ2) is 6.23. The van der Waals surface area contributed by atoms with Gasteiger partial charge in [-0.1, -0.05) is 42.5 Å². The number of nitrogens with zero attached hydrogens (tertiary/aromatic N) is 2. The van der Waals surface area contributed by atoms with Crippen LogP contribution in [0.5, 0.6) is 0 Å². The molecule has 1 heterocycles. The van der Waals surface area contributed by atoms with Gasteiger partial charge in [0.15, 0.2) is 6.20 Å². The molecule has 3 aromatic rings. The van der Waals surface area contributed by atoms with E-state index in [1.165, 1.54) is 7.11 Å². The average Bonchev–Trinajstić information content (AvgIpc) is 2.65. The van der Waals surface area contributed by atoms with Crippen molar-refractivity contribution in [2.45, 2.75) is 5.60 Å². The zero-order chi connectivity index (χ0) is 18.0. The van der Waals surface area contributed by atoms with Crippen LogP contribution >= 0.6 is 0 Å². The number of aromatic carboxylic acids is 1. The summed E-state index contributed by atoms with van der Waals surface area (Å²) in [6.45, 7) is 0. The Balaban J connectivity index is 2.52. The monoisotopic (exact) mass is 334 g/mol. The number of para-hydroxylation sites is 1. The molecule has 0 fully saturated rings. The molecule has 3 rings (SSSR count). The summed E-state index contributed by atoms with van der Waals surface area (Å²) in [4.78, 5) is 11.8. The smallest absolute Gasteiger partial charge is 0.342 e. The highest BCUT2D eigenvalue weighted by Gasteiger charge is 2.41. The zero-order valence-electron chi connectivity index (χ0n) is 13.3. The van der Waals surface area contributed by atoms with Crippen LogP contribution in [0.4, 0.5) is 0 Å². The van der Waals surface area contributed by atoms with Crippen LogP contribution in [-0.4, -0.2) is 18.2 Å². The molecular formula is C19H14N2O4. The molecule has 124 valence electrons. The average molecular weight is 334 g/mol. The van der Waals surface area contributed by atoms with Crippen molar-refractivity contribution in [3.63, 3.8) is 0 Å². The topological polar surface area (TPSA) is 97.3 Å². The van der Waals surface area contributed by atoms with Crippen LogP contribution in [0.15, 0.2) is 60.8 Å². The molecule has 1 unspecified atom stereocenters. The third-order valence-electron chi connectivity index (χ3n) is 4.15. The number of nitriles is 1. The van der Waals surface area contributed by atoms with E-state index in [0.717, 1.165) is 6.20 Å². The van der Waals surface area contributed by atoms with E-state index in [2.05, 4.69) is 6.07 Å². The van der Waals surface area contributed by atoms with Gasteiger partial charge in [-0.05, 0) is 6.07 Å². The van der Waals surface area contributed by atoms with Crippen LogP contribution in [0.2, 0.25) is 0 Å². The van der Waals surface area contributed by atoms with Crippen LogP contribution in [0.1, 0.15) is 21.5 Å². The van der Waals surface area contributed by atoms with Crippen LogP contribution < -0.4 is 4.73 Å². The van der Waals surface area contributed by atoms with E-state index in [1.807, 2.05) is 0 Å². The van der Waals surface area contributed by atoms with Crippen molar-refractivity contribution < 1.29 is 19.4 Å². The molecular weight excluding hydrogens is 320 g/mol. The van der Waals surface area contributed by atoms with Crippen molar-refractivity contribution in [2.75, 3.05) is 7.11 Å². The Morgan fingerprint density at radius 2 is 1.84 bits per heavy atom. The molecule has 0 saturated heterocycles. The first-order valence-corrected chi connectivity index (χ1v) is 7.45. The third kappa shape index (κ3) is 2.47. The van der Waals surface area contributed by atoms with Crippen molar-refractivity contribution in [3.05, 3.63) is 82.7 Å². The molecule has 0 aliphatic carbocycles. The molecule has 1 atom stereocenters. The second-order valence-electron chi connectivity index (χ2n) is 5.43. The highest BCUT2D eigenvalue weighted by molar-refractivity contribution is 5.96. The van der Waals surface area contributed by atoms with Gasteiger partial charge in [-0.15, -0.1) is 0 Å². The van der Waals surface area contributed by atoms with Gasteiger partial charge < -0.3 is 15.1 Å². The minimum absolute atomic E-state index is 0.138. The van der Waals surface area contributed by atoms with Gasteiger partial charge in [-0.3, -0.25) is 0 Å². The van der Waals surface area contributed by atoms with E-state index in [9.17, 15) is 20.4 Å². The van der Waals surface area contributed by atoms with Gasteiger partial charge in [0.1, 0.15) is 11.6 Å². The van der Waals surface area contributed by atoms with Crippen molar-refractivity contribution in [1.29, 1.82) is 5.26 Å². The molecule has 2 aromatic carbocycles. The highest BCUT2D eigenvalue weighted by Crippen LogP contribution is 2.38. The number of carbonyl (C=O) groups is 1. The number of pyridine rings is 1. The van der Waals surface area contributed by atoms with Crippen molar-refractivity contribution >= 4 is 16.9 Å². The maximum atomic E-state index is 12.2. The Hall–Kier alpha value is -3.43. The lowest BCUT2D eigenvalue weighted by molar-refractivity contribution is -0.577. The van der Waals surface area contributed by atoms with Gasteiger partial charge in [-0.2, -0.15) is 9.99 Å². The molecule has 0 bridgehead atoms. The molecule has 0 spiro atoms. The van der Waals surface area contributed by atoms with Crippen LogP contribution in [0.25, 0.3) is 10.9 Å². The lowest BCUT2D eigenvalue weighted by Crippen LogP contribution is -2.36. The predicted octanol–water partition coefficient (Wildman–Crippen LogP) is 2.58. The molecule has 1 aromatic heterocycles. The van der Waals surface area contributed by atoms with Gasteiger partial charge >= 0.3 is 5.97 Å². The Labute approximate surface area is 143 Å². The Morgan fingerprint density at radius 1 is 1.20 bits per heavy atom. The summed E-state index contributed by atoms with van der Waals surface area (Å²) in [7, 11) is 1.34. The number of benzene rings is 2. The molecule has 0 aliphatic heterocycles. The summed E-state index contributed by atoms with van der Waals surface area (Å²) in [5.74, 6) is -1.31. The van der Waals surface area contributed by atoms with E-state index in [4.69, 9.17) is 4.74 Å². The van der Waals surface area contributed by atoms with Gasteiger partial charge in [0.05, 0.1) is 5.39 Å². The first-order chi connectivity index (χ1) is 12.0. The summed E-state index contributed by atoms with van der Waals surface area (Å²) >= 11 is 0. The molecule has 0 amide bonds. The van der Waals surface area contributed by atoms with E-state index in [0.29, 0.717) is 15.7 Å². The number of aromatic nitrogens is 1. The summed E-state index contributed by atoms with van der Waals surface area (Å²) in [6, 6.07) is 17.3. The number of fused-ring (bicyclic) bond motifs is 1. The third-order valence-corrected chi connectivity index (χ3v) is 4.15. The zero-order valence-corrected chi connectivity index (χ0v) is 13.3. The van der Waals surface area contributed by atoms with Crippen molar-refractivity contribution in [2.24, 2.45) is 0 Å². The number of hydrogen-bond acceptors (Lipinski definition) is 4. The molecule has 0 radical (unpaired) electrons. The summed E-state index contributed by atoms with van der Waals surface area (Å²) in [5.41, 5.74) is -1.06. The fourth-order valence-electron chi connectivity index (χ4n) is 3.02. The van der Waals surface area contributed by atoms with E-state index < -0.39 is 11.6 Å². The lowest BCUT2D eigenvalue weighted by Gasteiger charge is -2.28. The van der Waals surface area contributed by atoms with E-state index in [1.54, 1.807) is 54.6 Å². The summed E-state index contributed by atoms with van der Waals surface area (Å²) < 4.78 is 6.05. The molecule has 0 saturated carbocycles. The van der Waals surface area contributed by atoms with E-state index >= 15 is 0 Å². The van der Waals surface area contributed by atoms with E-state index in [-0.39, 0.29) is 16.6 Å².